The number of nitrogens with zero attached hydrogens (tertiary/aromatic N) is 1. The summed E-state index contributed by atoms with van der Waals surface area (Å²) in [6.07, 6.45) is 0. The summed E-state index contributed by atoms with van der Waals surface area (Å²) in [5.41, 5.74) is 0.636. The standard InChI is InChI=1S/C20H22ClFN2O5S/c1-3-24(4-2)30(27,28)18-11-15(7-10-17(18)21)20(26)29-13-19(25)23-12-14-5-8-16(22)9-6-14/h5-11H,3-4,12-13H2,1-2H3,(H,23,25). The van der Waals surface area contributed by atoms with Crippen LogP contribution in [0.5, 0.6) is 0 Å². The summed E-state index contributed by atoms with van der Waals surface area (Å²) in [5, 5.41) is 2.52. The molecule has 0 saturated heterocycles. The van der Waals surface area contributed by atoms with Crippen molar-refractivity contribution in [2.75, 3.05) is 19.7 Å². The second-order valence-corrected chi connectivity index (χ2v) is 8.53. The van der Waals surface area contributed by atoms with Crippen LogP contribution >= 0.6 is 11.6 Å². The summed E-state index contributed by atoms with van der Waals surface area (Å²) in [6, 6.07) is 9.33. The second-order valence-electron chi connectivity index (χ2n) is 6.21. The fraction of sp³-hybridized carbons (Fsp3) is 0.300. The van der Waals surface area contributed by atoms with Gasteiger partial charge in [-0.3, -0.25) is 4.79 Å². The van der Waals surface area contributed by atoms with Gasteiger partial charge in [-0.05, 0) is 35.9 Å². The van der Waals surface area contributed by atoms with Crippen LogP contribution in [0.4, 0.5) is 4.39 Å². The van der Waals surface area contributed by atoms with Gasteiger partial charge in [0.25, 0.3) is 5.91 Å². The smallest absolute Gasteiger partial charge is 0.338 e. The average molecular weight is 457 g/mol. The Morgan fingerprint density at radius 2 is 1.73 bits per heavy atom. The minimum atomic E-state index is -3.87. The Bertz CT molecular complexity index is 1010. The van der Waals surface area contributed by atoms with Crippen LogP contribution in [-0.4, -0.2) is 44.3 Å². The molecular formula is C20H22ClFN2O5S. The van der Waals surface area contributed by atoms with Crippen molar-refractivity contribution >= 4 is 33.5 Å². The number of sulfonamides is 1. The monoisotopic (exact) mass is 456 g/mol. The molecule has 2 rings (SSSR count). The Morgan fingerprint density at radius 1 is 1.10 bits per heavy atom. The lowest BCUT2D eigenvalue weighted by Gasteiger charge is -2.19. The molecule has 0 aliphatic heterocycles. The molecule has 0 unspecified atom stereocenters. The van der Waals surface area contributed by atoms with E-state index in [2.05, 4.69) is 5.32 Å². The van der Waals surface area contributed by atoms with Crippen molar-refractivity contribution in [3.8, 4) is 0 Å². The van der Waals surface area contributed by atoms with E-state index in [1.165, 1.54) is 40.7 Å². The molecule has 1 N–H and O–H groups in total. The van der Waals surface area contributed by atoms with E-state index in [1.807, 2.05) is 0 Å². The van der Waals surface area contributed by atoms with Crippen LogP contribution in [0, 0.1) is 5.82 Å². The zero-order valence-corrected chi connectivity index (χ0v) is 18.1. The van der Waals surface area contributed by atoms with E-state index >= 15 is 0 Å². The first-order valence-corrected chi connectivity index (χ1v) is 11.0. The number of hydrogen-bond donors (Lipinski definition) is 1. The van der Waals surface area contributed by atoms with Gasteiger partial charge in [-0.15, -0.1) is 0 Å². The van der Waals surface area contributed by atoms with Gasteiger partial charge in [-0.2, -0.15) is 4.31 Å². The third-order valence-electron chi connectivity index (χ3n) is 4.23. The van der Waals surface area contributed by atoms with Crippen LogP contribution in [0.3, 0.4) is 0 Å². The number of amides is 1. The molecule has 162 valence electrons. The Hall–Kier alpha value is -2.49. The number of carbonyl (C=O) groups is 2. The summed E-state index contributed by atoms with van der Waals surface area (Å²) < 4.78 is 44.4. The summed E-state index contributed by atoms with van der Waals surface area (Å²) in [4.78, 5) is 23.9. The Morgan fingerprint density at radius 3 is 2.33 bits per heavy atom. The lowest BCUT2D eigenvalue weighted by Crippen LogP contribution is -2.31. The first-order valence-electron chi connectivity index (χ1n) is 9.17. The third kappa shape index (κ3) is 6.01. The van der Waals surface area contributed by atoms with Crippen LogP contribution in [-0.2, 0) is 26.1 Å². The predicted octanol–water partition coefficient (Wildman–Crippen LogP) is 2.98. The number of rotatable bonds is 9. The molecular weight excluding hydrogens is 435 g/mol. The van der Waals surface area contributed by atoms with Crippen molar-refractivity contribution in [3.05, 3.63) is 64.4 Å². The van der Waals surface area contributed by atoms with Crippen LogP contribution in [0.15, 0.2) is 47.4 Å². The largest absolute Gasteiger partial charge is 0.452 e. The van der Waals surface area contributed by atoms with E-state index in [9.17, 15) is 22.4 Å². The number of ether oxygens (including phenoxy) is 1. The fourth-order valence-electron chi connectivity index (χ4n) is 2.60. The van der Waals surface area contributed by atoms with Crippen molar-refractivity contribution in [2.45, 2.75) is 25.3 Å². The second kappa shape index (κ2) is 10.5. The van der Waals surface area contributed by atoms with E-state index in [1.54, 1.807) is 13.8 Å². The molecule has 0 radical (unpaired) electrons. The van der Waals surface area contributed by atoms with Gasteiger partial charge in [-0.25, -0.2) is 17.6 Å². The number of halogens is 2. The lowest BCUT2D eigenvalue weighted by atomic mass is 10.2. The van der Waals surface area contributed by atoms with Gasteiger partial charge in [0, 0.05) is 19.6 Å². The van der Waals surface area contributed by atoms with Gasteiger partial charge in [0.1, 0.15) is 10.7 Å². The van der Waals surface area contributed by atoms with Crippen molar-refractivity contribution in [1.82, 2.24) is 9.62 Å². The molecule has 0 heterocycles. The highest BCUT2D eigenvalue weighted by Gasteiger charge is 2.26. The molecule has 2 aromatic carbocycles. The van der Waals surface area contributed by atoms with Gasteiger partial charge in [0.15, 0.2) is 6.61 Å². The quantitative estimate of drug-likeness (QED) is 0.585. The van der Waals surface area contributed by atoms with Crippen molar-refractivity contribution in [3.63, 3.8) is 0 Å². The van der Waals surface area contributed by atoms with Gasteiger partial charge in [0.05, 0.1) is 10.6 Å². The maximum Gasteiger partial charge on any atom is 0.338 e. The Kier molecular flexibility index (Phi) is 8.33. The molecule has 2 aromatic rings. The van der Waals surface area contributed by atoms with Crippen molar-refractivity contribution < 1.29 is 27.1 Å². The Labute approximate surface area is 179 Å². The highest BCUT2D eigenvalue weighted by atomic mass is 35.5. The normalized spacial score (nSPS) is 11.4. The molecule has 10 heteroatoms. The first kappa shape index (κ1) is 23.8. The van der Waals surface area contributed by atoms with E-state index < -0.39 is 28.5 Å². The minimum absolute atomic E-state index is 0.0181. The molecule has 1 amide bonds. The number of hydrogen-bond acceptors (Lipinski definition) is 5. The first-order chi connectivity index (χ1) is 14.2. The number of benzene rings is 2. The SMILES string of the molecule is CCN(CC)S(=O)(=O)c1cc(C(=O)OCC(=O)NCc2ccc(F)cc2)ccc1Cl. The van der Waals surface area contributed by atoms with Gasteiger partial charge >= 0.3 is 5.97 Å². The molecule has 0 saturated carbocycles. The highest BCUT2D eigenvalue weighted by Crippen LogP contribution is 2.26. The average Bonchev–Trinajstić information content (AvgIpc) is 2.72. The topological polar surface area (TPSA) is 92.8 Å². The lowest BCUT2D eigenvalue weighted by molar-refractivity contribution is -0.124. The molecule has 0 aromatic heterocycles. The summed E-state index contributed by atoms with van der Waals surface area (Å²) >= 11 is 6.03. The summed E-state index contributed by atoms with van der Waals surface area (Å²) in [6.45, 7) is 3.47. The van der Waals surface area contributed by atoms with E-state index in [-0.39, 0.29) is 40.9 Å². The van der Waals surface area contributed by atoms with Crippen LogP contribution in [0.2, 0.25) is 5.02 Å². The van der Waals surface area contributed by atoms with Gasteiger partial charge < -0.3 is 10.1 Å². The molecule has 0 atom stereocenters. The predicted molar refractivity (Wildman–Crippen MR) is 110 cm³/mol. The number of esters is 1. The van der Waals surface area contributed by atoms with E-state index in [4.69, 9.17) is 16.3 Å². The van der Waals surface area contributed by atoms with Gasteiger partial charge in [0.2, 0.25) is 10.0 Å². The van der Waals surface area contributed by atoms with E-state index in [0.717, 1.165) is 6.07 Å². The molecule has 30 heavy (non-hydrogen) atoms. The summed E-state index contributed by atoms with van der Waals surface area (Å²) in [7, 11) is -3.87. The number of nitrogens with one attached hydrogen (secondary N) is 1. The maximum atomic E-state index is 12.9. The zero-order valence-electron chi connectivity index (χ0n) is 16.5. The maximum absolute atomic E-state index is 12.9. The Balaban J connectivity index is 2.01. The molecule has 0 aliphatic carbocycles. The van der Waals surface area contributed by atoms with Crippen LogP contribution in [0.1, 0.15) is 29.8 Å². The van der Waals surface area contributed by atoms with Crippen molar-refractivity contribution in [2.24, 2.45) is 0 Å². The third-order valence-corrected chi connectivity index (χ3v) is 6.76. The minimum Gasteiger partial charge on any atom is -0.452 e. The molecule has 7 nitrogen and oxygen atoms in total. The molecule has 0 fully saturated rings. The van der Waals surface area contributed by atoms with Crippen LogP contribution < -0.4 is 5.32 Å². The molecule has 0 aliphatic rings. The molecule has 0 spiro atoms. The van der Waals surface area contributed by atoms with Crippen molar-refractivity contribution in [1.29, 1.82) is 0 Å². The van der Waals surface area contributed by atoms with Crippen LogP contribution in [0.25, 0.3) is 0 Å². The summed E-state index contributed by atoms with van der Waals surface area (Å²) in [5.74, 6) is -1.80. The fourth-order valence-corrected chi connectivity index (χ4v) is 4.56. The number of carbonyl (C=O) groups excluding carboxylic acids is 2. The molecule has 0 bridgehead atoms. The zero-order chi connectivity index (χ0) is 22.3. The van der Waals surface area contributed by atoms with E-state index in [0.29, 0.717) is 5.56 Å². The van der Waals surface area contributed by atoms with Gasteiger partial charge in [-0.1, -0.05) is 37.6 Å². The highest BCUT2D eigenvalue weighted by molar-refractivity contribution is 7.89.